The van der Waals surface area contributed by atoms with Crippen LogP contribution in [0.5, 0.6) is 0 Å². The maximum atomic E-state index is 12.0. The van der Waals surface area contributed by atoms with E-state index in [4.69, 9.17) is 33.5 Å². The summed E-state index contributed by atoms with van der Waals surface area (Å²) < 4.78 is 5.30. The standard InChI is InChI=1S/C14H16Cl2N4O2/c1-13(2,3)22-12(21)20-7-14(8-20,18-19-17)9-5-4-6-10(15)11(9)16/h4-6H,7-8H2,1-3H3. The van der Waals surface area contributed by atoms with Gasteiger partial charge in [-0.1, -0.05) is 40.4 Å². The lowest BCUT2D eigenvalue weighted by Crippen LogP contribution is -2.60. The van der Waals surface area contributed by atoms with Crippen molar-refractivity contribution in [2.45, 2.75) is 31.9 Å². The van der Waals surface area contributed by atoms with Gasteiger partial charge in [0.15, 0.2) is 0 Å². The van der Waals surface area contributed by atoms with Gasteiger partial charge in [0.05, 0.1) is 10.0 Å². The van der Waals surface area contributed by atoms with E-state index in [1.807, 2.05) is 0 Å². The van der Waals surface area contributed by atoms with Crippen LogP contribution in [0.15, 0.2) is 23.3 Å². The number of hydrogen-bond acceptors (Lipinski definition) is 3. The fourth-order valence-electron chi connectivity index (χ4n) is 2.28. The summed E-state index contributed by atoms with van der Waals surface area (Å²) in [4.78, 5) is 16.4. The van der Waals surface area contributed by atoms with Crippen molar-refractivity contribution in [3.8, 4) is 0 Å². The highest BCUT2D eigenvalue weighted by molar-refractivity contribution is 6.42. The number of likely N-dealkylation sites (tertiary alicyclic amines) is 1. The minimum absolute atomic E-state index is 0.200. The molecule has 2 rings (SSSR count). The Kier molecular flexibility index (Phi) is 4.47. The summed E-state index contributed by atoms with van der Waals surface area (Å²) >= 11 is 12.2. The lowest BCUT2D eigenvalue weighted by molar-refractivity contribution is -0.00871. The number of hydrogen-bond donors (Lipinski definition) is 0. The Morgan fingerprint density at radius 1 is 1.41 bits per heavy atom. The minimum atomic E-state index is -0.909. The van der Waals surface area contributed by atoms with Gasteiger partial charge in [0.25, 0.3) is 0 Å². The quantitative estimate of drug-likeness (QED) is 0.441. The number of azide groups is 1. The third-order valence-corrected chi connectivity index (χ3v) is 4.06. The molecule has 1 amide bonds. The molecule has 0 bridgehead atoms. The van der Waals surface area contributed by atoms with Crippen LogP contribution < -0.4 is 0 Å². The molecule has 0 unspecified atom stereocenters. The summed E-state index contributed by atoms with van der Waals surface area (Å²) in [5.74, 6) is 0. The minimum Gasteiger partial charge on any atom is -0.444 e. The van der Waals surface area contributed by atoms with Crippen molar-refractivity contribution in [3.05, 3.63) is 44.3 Å². The second-order valence-electron chi connectivity index (χ2n) is 6.16. The van der Waals surface area contributed by atoms with E-state index in [0.29, 0.717) is 15.6 Å². The second kappa shape index (κ2) is 5.88. The number of nitrogens with zero attached hydrogens (tertiary/aromatic N) is 4. The molecule has 118 valence electrons. The van der Waals surface area contributed by atoms with E-state index >= 15 is 0 Å². The first kappa shape index (κ1) is 16.7. The fraction of sp³-hybridized carbons (Fsp3) is 0.500. The molecule has 0 aromatic heterocycles. The number of halogens is 2. The Labute approximate surface area is 138 Å². The van der Waals surface area contributed by atoms with Crippen LogP contribution in [-0.4, -0.2) is 29.7 Å². The molecule has 0 radical (unpaired) electrons. The Bertz CT molecular complexity index is 645. The highest BCUT2D eigenvalue weighted by Gasteiger charge is 2.48. The molecular formula is C14H16Cl2N4O2. The summed E-state index contributed by atoms with van der Waals surface area (Å²) in [6.07, 6.45) is -0.450. The van der Waals surface area contributed by atoms with Crippen molar-refractivity contribution in [3.63, 3.8) is 0 Å². The van der Waals surface area contributed by atoms with Gasteiger partial charge >= 0.3 is 6.09 Å². The van der Waals surface area contributed by atoms with E-state index in [2.05, 4.69) is 10.0 Å². The van der Waals surface area contributed by atoms with Gasteiger partial charge in [0, 0.05) is 18.0 Å². The Hall–Kier alpha value is -1.62. The molecule has 1 aromatic rings. The fourth-order valence-corrected chi connectivity index (χ4v) is 2.75. The van der Waals surface area contributed by atoms with Gasteiger partial charge in [-0.25, -0.2) is 4.79 Å². The lowest BCUT2D eigenvalue weighted by atomic mass is 9.83. The second-order valence-corrected chi connectivity index (χ2v) is 6.94. The predicted molar refractivity (Wildman–Crippen MR) is 85.1 cm³/mol. The highest BCUT2D eigenvalue weighted by Crippen LogP contribution is 2.42. The summed E-state index contributed by atoms with van der Waals surface area (Å²) in [5.41, 5.74) is 7.97. The van der Waals surface area contributed by atoms with E-state index < -0.39 is 17.2 Å². The molecule has 0 saturated carbocycles. The molecule has 1 fully saturated rings. The van der Waals surface area contributed by atoms with E-state index in [1.54, 1.807) is 39.0 Å². The maximum Gasteiger partial charge on any atom is 0.410 e. The van der Waals surface area contributed by atoms with Gasteiger partial charge < -0.3 is 9.64 Å². The molecule has 0 spiro atoms. The van der Waals surface area contributed by atoms with Crippen LogP contribution in [0.4, 0.5) is 4.79 Å². The molecule has 8 heteroatoms. The normalized spacial score (nSPS) is 16.5. The number of ether oxygens (including phenoxy) is 1. The van der Waals surface area contributed by atoms with Crippen molar-refractivity contribution in [1.82, 2.24) is 4.90 Å². The zero-order chi connectivity index (χ0) is 16.5. The molecule has 6 nitrogen and oxygen atoms in total. The van der Waals surface area contributed by atoms with Gasteiger partial charge in [0.2, 0.25) is 0 Å². The molecule has 1 aliphatic rings. The molecule has 0 aliphatic carbocycles. The summed E-state index contributed by atoms with van der Waals surface area (Å²) in [6, 6.07) is 5.13. The van der Waals surface area contributed by atoms with E-state index in [9.17, 15) is 4.79 Å². The first-order valence-electron chi connectivity index (χ1n) is 6.67. The van der Waals surface area contributed by atoms with Gasteiger partial charge in [-0.2, -0.15) is 0 Å². The SMILES string of the molecule is CC(C)(C)OC(=O)N1CC(N=[N+]=[N-])(c2cccc(Cl)c2Cl)C1. The van der Waals surface area contributed by atoms with Crippen LogP contribution in [0.3, 0.4) is 0 Å². The van der Waals surface area contributed by atoms with Crippen LogP contribution >= 0.6 is 23.2 Å². The Morgan fingerprint density at radius 3 is 2.59 bits per heavy atom. The molecular weight excluding hydrogens is 327 g/mol. The van der Waals surface area contributed by atoms with Crippen molar-refractivity contribution in [2.24, 2.45) is 5.11 Å². The molecule has 1 heterocycles. The van der Waals surface area contributed by atoms with Crippen LogP contribution in [0.1, 0.15) is 26.3 Å². The number of carbonyl (C=O) groups excluding carboxylic acids is 1. The summed E-state index contributed by atoms with van der Waals surface area (Å²) in [5, 5.41) is 4.56. The summed E-state index contributed by atoms with van der Waals surface area (Å²) in [6.45, 7) is 5.77. The largest absolute Gasteiger partial charge is 0.444 e. The van der Waals surface area contributed by atoms with Gasteiger partial charge in [-0.15, -0.1) is 0 Å². The smallest absolute Gasteiger partial charge is 0.410 e. The first-order valence-corrected chi connectivity index (χ1v) is 7.43. The lowest BCUT2D eigenvalue weighted by Gasteiger charge is -2.47. The van der Waals surface area contributed by atoms with Crippen molar-refractivity contribution < 1.29 is 9.53 Å². The van der Waals surface area contributed by atoms with Crippen LogP contribution in [0.2, 0.25) is 10.0 Å². The third kappa shape index (κ3) is 3.24. The Morgan fingerprint density at radius 2 is 2.05 bits per heavy atom. The summed E-state index contributed by atoms with van der Waals surface area (Å²) in [7, 11) is 0. The molecule has 22 heavy (non-hydrogen) atoms. The monoisotopic (exact) mass is 342 g/mol. The van der Waals surface area contributed by atoms with Crippen molar-refractivity contribution in [1.29, 1.82) is 0 Å². The van der Waals surface area contributed by atoms with Crippen LogP contribution in [-0.2, 0) is 10.3 Å². The predicted octanol–water partition coefficient (Wildman–Crippen LogP) is 4.75. The highest BCUT2D eigenvalue weighted by atomic mass is 35.5. The molecule has 1 saturated heterocycles. The van der Waals surface area contributed by atoms with Crippen LogP contribution in [0, 0.1) is 0 Å². The Balaban J connectivity index is 2.23. The average Bonchev–Trinajstić information content (AvgIpc) is 2.35. The van der Waals surface area contributed by atoms with Crippen molar-refractivity contribution >= 4 is 29.3 Å². The number of benzene rings is 1. The van der Waals surface area contributed by atoms with Crippen LogP contribution in [0.25, 0.3) is 10.4 Å². The zero-order valence-corrected chi connectivity index (χ0v) is 14.0. The van der Waals surface area contributed by atoms with Crippen molar-refractivity contribution in [2.75, 3.05) is 13.1 Å². The van der Waals surface area contributed by atoms with E-state index in [-0.39, 0.29) is 13.1 Å². The number of amides is 1. The molecule has 1 aliphatic heterocycles. The van der Waals surface area contributed by atoms with Gasteiger partial charge in [-0.3, -0.25) is 0 Å². The van der Waals surface area contributed by atoms with E-state index in [0.717, 1.165) is 0 Å². The maximum absolute atomic E-state index is 12.0. The first-order chi connectivity index (χ1) is 10.2. The zero-order valence-electron chi connectivity index (χ0n) is 12.5. The van der Waals surface area contributed by atoms with E-state index in [1.165, 1.54) is 4.90 Å². The number of rotatable bonds is 2. The third-order valence-electron chi connectivity index (χ3n) is 3.25. The molecule has 0 N–H and O–H groups in total. The number of carbonyl (C=O) groups is 1. The molecule has 0 atom stereocenters. The molecule has 1 aromatic carbocycles. The topological polar surface area (TPSA) is 78.3 Å². The van der Waals surface area contributed by atoms with Gasteiger partial charge in [-0.05, 0) is 37.9 Å². The average molecular weight is 343 g/mol. The van der Waals surface area contributed by atoms with Gasteiger partial charge in [0.1, 0.15) is 11.1 Å².